The van der Waals surface area contributed by atoms with Crippen LogP contribution in [0.2, 0.25) is 0 Å². The summed E-state index contributed by atoms with van der Waals surface area (Å²) in [5.74, 6) is 0.412. The highest BCUT2D eigenvalue weighted by atomic mass is 32.1. The highest BCUT2D eigenvalue weighted by molar-refractivity contribution is 7.16. The average molecular weight is 544 g/mol. The SMILES string of the molecule is N#Cc1c(N)sc2c1C1(CC2)CN(c2nc(OC[C@@]34CCCN3C[C@H](F)C4)nc(OC3COC[C@@H]3O)n2)C1. The third kappa shape index (κ3) is 3.80. The molecule has 13 heteroatoms. The summed E-state index contributed by atoms with van der Waals surface area (Å²) >= 11 is 1.51. The molecule has 6 heterocycles. The lowest BCUT2D eigenvalue weighted by atomic mass is 9.74. The fourth-order valence-electron chi connectivity index (χ4n) is 6.97. The third-order valence-electron chi connectivity index (χ3n) is 8.82. The first kappa shape index (κ1) is 24.3. The molecule has 0 saturated carbocycles. The zero-order valence-electron chi connectivity index (χ0n) is 20.9. The van der Waals surface area contributed by atoms with Gasteiger partial charge in [-0.15, -0.1) is 16.3 Å². The molecule has 0 radical (unpaired) electrons. The highest BCUT2D eigenvalue weighted by Crippen LogP contribution is 2.52. The van der Waals surface area contributed by atoms with Gasteiger partial charge < -0.3 is 30.0 Å². The maximum Gasteiger partial charge on any atom is 0.324 e. The molecule has 0 amide bonds. The van der Waals surface area contributed by atoms with E-state index in [-0.39, 0.29) is 36.2 Å². The molecule has 202 valence electrons. The van der Waals surface area contributed by atoms with Gasteiger partial charge in [0, 0.05) is 36.3 Å². The van der Waals surface area contributed by atoms with Crippen molar-refractivity contribution in [1.82, 2.24) is 19.9 Å². The minimum atomic E-state index is -0.853. The molecule has 4 saturated heterocycles. The number of nitrogens with zero attached hydrogens (tertiary/aromatic N) is 6. The first-order valence-corrected chi connectivity index (χ1v) is 14.0. The third-order valence-corrected chi connectivity index (χ3v) is 9.90. The smallest absolute Gasteiger partial charge is 0.324 e. The molecule has 5 aliphatic rings. The first-order valence-electron chi connectivity index (χ1n) is 13.2. The van der Waals surface area contributed by atoms with Crippen LogP contribution >= 0.6 is 11.3 Å². The van der Waals surface area contributed by atoms with Gasteiger partial charge >= 0.3 is 12.0 Å². The summed E-state index contributed by atoms with van der Waals surface area (Å²) in [5, 5.41) is 20.5. The Balaban J connectivity index is 1.14. The van der Waals surface area contributed by atoms with Crippen LogP contribution in [0.4, 0.5) is 15.3 Å². The summed E-state index contributed by atoms with van der Waals surface area (Å²) in [5.41, 5.74) is 7.32. The van der Waals surface area contributed by atoms with Crippen molar-refractivity contribution in [3.8, 4) is 18.1 Å². The van der Waals surface area contributed by atoms with E-state index >= 15 is 0 Å². The molecule has 4 atom stereocenters. The van der Waals surface area contributed by atoms with Crippen LogP contribution in [0, 0.1) is 11.3 Å². The summed E-state index contributed by atoms with van der Waals surface area (Å²) in [6, 6.07) is 2.47. The van der Waals surface area contributed by atoms with Crippen LogP contribution in [0.15, 0.2) is 0 Å². The molecular formula is C25H30FN7O4S. The molecule has 2 aromatic rings. The minimum absolute atomic E-state index is 0.0562. The Morgan fingerprint density at radius 1 is 1.24 bits per heavy atom. The number of aliphatic hydroxyl groups is 1. The molecule has 4 fully saturated rings. The number of hydrogen-bond acceptors (Lipinski definition) is 12. The number of nitrogens with two attached hydrogens (primary N) is 1. The van der Waals surface area contributed by atoms with Crippen molar-refractivity contribution >= 4 is 22.3 Å². The van der Waals surface area contributed by atoms with Gasteiger partial charge in [-0.2, -0.15) is 15.2 Å². The number of aryl methyl sites for hydroxylation is 1. The van der Waals surface area contributed by atoms with Crippen LogP contribution in [-0.2, 0) is 16.6 Å². The number of nitrogen functional groups attached to an aromatic ring is 1. The Kier molecular flexibility index (Phi) is 5.67. The van der Waals surface area contributed by atoms with Crippen LogP contribution in [0.25, 0.3) is 0 Å². The lowest BCUT2D eigenvalue weighted by molar-refractivity contribution is 0.0648. The molecule has 1 spiro atoms. The molecular weight excluding hydrogens is 513 g/mol. The number of alkyl halides is 1. The number of halogens is 1. The van der Waals surface area contributed by atoms with Crippen molar-refractivity contribution < 1.29 is 23.7 Å². The summed E-state index contributed by atoms with van der Waals surface area (Å²) < 4.78 is 31.6. The standard InChI is InChI=1S/C25H30FN7O4S/c26-14-6-25(3-1-5-33(25)8-14)13-36-22-29-21(30-23(31-22)37-17-10-35-9-16(17)34)32-11-24(12-32)4-2-18-19(24)15(7-27)20(28)38-18/h14,16-17,34H,1-6,8-13,28H2/t14-,16+,17?,25+/m1/s1. The van der Waals surface area contributed by atoms with E-state index in [1.165, 1.54) is 16.2 Å². The predicted molar refractivity (Wildman–Crippen MR) is 135 cm³/mol. The number of thiophene rings is 1. The number of nitriles is 1. The monoisotopic (exact) mass is 543 g/mol. The molecule has 1 unspecified atom stereocenters. The number of fused-ring (bicyclic) bond motifs is 3. The highest BCUT2D eigenvalue weighted by Gasteiger charge is 2.52. The van der Waals surface area contributed by atoms with Gasteiger partial charge in [-0.05, 0) is 37.8 Å². The van der Waals surface area contributed by atoms with Gasteiger partial charge in [0.1, 0.15) is 30.0 Å². The average Bonchev–Trinajstić information content (AvgIpc) is 3.65. The van der Waals surface area contributed by atoms with Gasteiger partial charge in [0.15, 0.2) is 6.10 Å². The molecule has 11 nitrogen and oxygen atoms in total. The number of rotatable bonds is 6. The number of anilines is 2. The van der Waals surface area contributed by atoms with E-state index in [0.29, 0.717) is 49.2 Å². The Labute approximate surface area is 223 Å². The van der Waals surface area contributed by atoms with Gasteiger partial charge in [0.2, 0.25) is 5.95 Å². The van der Waals surface area contributed by atoms with Crippen molar-refractivity contribution in [1.29, 1.82) is 5.26 Å². The summed E-state index contributed by atoms with van der Waals surface area (Å²) in [6.07, 6.45) is 1.98. The van der Waals surface area contributed by atoms with Crippen molar-refractivity contribution in [3.63, 3.8) is 0 Å². The van der Waals surface area contributed by atoms with Crippen LogP contribution in [0.1, 0.15) is 41.7 Å². The first-order chi connectivity index (χ1) is 18.4. The van der Waals surface area contributed by atoms with Crippen molar-refractivity contribution in [2.24, 2.45) is 0 Å². The molecule has 3 N–H and O–H groups in total. The molecule has 7 rings (SSSR count). The molecule has 0 bridgehead atoms. The summed E-state index contributed by atoms with van der Waals surface area (Å²) in [7, 11) is 0. The largest absolute Gasteiger partial charge is 0.461 e. The second-order valence-electron chi connectivity index (χ2n) is 11.2. The maximum absolute atomic E-state index is 14.2. The quantitative estimate of drug-likeness (QED) is 0.542. The number of aromatic nitrogens is 3. The number of hydrogen-bond donors (Lipinski definition) is 2. The summed E-state index contributed by atoms with van der Waals surface area (Å²) in [6.45, 7) is 3.31. The van der Waals surface area contributed by atoms with Crippen LogP contribution in [0.5, 0.6) is 12.0 Å². The van der Waals surface area contributed by atoms with E-state index < -0.39 is 18.4 Å². The minimum Gasteiger partial charge on any atom is -0.461 e. The zero-order chi connectivity index (χ0) is 26.1. The van der Waals surface area contributed by atoms with Gasteiger partial charge in [0.25, 0.3) is 0 Å². The lowest BCUT2D eigenvalue weighted by Crippen LogP contribution is -2.59. The van der Waals surface area contributed by atoms with Gasteiger partial charge in [-0.25, -0.2) is 4.39 Å². The Morgan fingerprint density at radius 2 is 2.08 bits per heavy atom. The zero-order valence-corrected chi connectivity index (χ0v) is 21.8. The van der Waals surface area contributed by atoms with Gasteiger partial charge in [0.05, 0.1) is 24.3 Å². The van der Waals surface area contributed by atoms with E-state index in [0.717, 1.165) is 37.8 Å². The van der Waals surface area contributed by atoms with E-state index in [4.69, 9.17) is 19.9 Å². The Hall–Kier alpha value is -2.79. The number of aliphatic hydroxyl groups excluding tert-OH is 1. The van der Waals surface area contributed by atoms with Crippen LogP contribution in [-0.4, -0.2) is 94.9 Å². The normalized spacial score (nSPS) is 31.3. The molecule has 2 aromatic heterocycles. The fourth-order valence-corrected chi connectivity index (χ4v) is 8.11. The van der Waals surface area contributed by atoms with Crippen molar-refractivity contribution in [2.45, 2.75) is 61.4 Å². The lowest BCUT2D eigenvalue weighted by Gasteiger charge is -2.48. The Morgan fingerprint density at radius 3 is 2.87 bits per heavy atom. The fraction of sp³-hybridized carbons (Fsp3) is 0.680. The predicted octanol–water partition coefficient (Wildman–Crippen LogP) is 1.18. The molecule has 4 aliphatic heterocycles. The second kappa shape index (κ2) is 8.87. The van der Waals surface area contributed by atoms with Gasteiger partial charge in [-0.3, -0.25) is 4.90 Å². The van der Waals surface area contributed by atoms with E-state index in [1.807, 2.05) is 4.90 Å². The van der Waals surface area contributed by atoms with E-state index in [2.05, 4.69) is 25.9 Å². The number of ether oxygens (including phenoxy) is 3. The van der Waals surface area contributed by atoms with Crippen molar-refractivity contribution in [3.05, 3.63) is 16.0 Å². The van der Waals surface area contributed by atoms with Crippen molar-refractivity contribution in [2.75, 3.05) is 56.6 Å². The van der Waals surface area contributed by atoms with Gasteiger partial charge in [-0.1, -0.05) is 0 Å². The molecule has 0 aromatic carbocycles. The van der Waals surface area contributed by atoms with E-state index in [1.54, 1.807) is 0 Å². The molecule has 38 heavy (non-hydrogen) atoms. The molecule has 1 aliphatic carbocycles. The maximum atomic E-state index is 14.2. The van der Waals surface area contributed by atoms with Crippen LogP contribution in [0.3, 0.4) is 0 Å². The Bertz CT molecular complexity index is 1300. The second-order valence-corrected chi connectivity index (χ2v) is 12.4. The topological polar surface area (TPSA) is 143 Å². The van der Waals surface area contributed by atoms with E-state index in [9.17, 15) is 14.8 Å². The van der Waals surface area contributed by atoms with Crippen LogP contribution < -0.4 is 20.1 Å². The summed E-state index contributed by atoms with van der Waals surface area (Å²) in [4.78, 5) is 18.9.